The fourth-order valence-electron chi connectivity index (χ4n) is 2.53. The van der Waals surface area contributed by atoms with Gasteiger partial charge in [-0.15, -0.1) is 0 Å². The predicted octanol–water partition coefficient (Wildman–Crippen LogP) is 2.91. The highest BCUT2D eigenvalue weighted by molar-refractivity contribution is 6.45. The molecule has 1 N–H and O–H groups in total. The van der Waals surface area contributed by atoms with Crippen molar-refractivity contribution in [2.75, 3.05) is 19.7 Å². The Morgan fingerprint density at radius 3 is 2.57 bits per heavy atom. The maximum atomic E-state index is 12.4. The third-order valence-corrected chi connectivity index (χ3v) is 3.75. The summed E-state index contributed by atoms with van der Waals surface area (Å²) in [7, 11) is -0.473. The van der Waals surface area contributed by atoms with Gasteiger partial charge in [0.05, 0.1) is 12.2 Å². The first-order valence-electron chi connectivity index (χ1n) is 7.08. The van der Waals surface area contributed by atoms with Crippen LogP contribution in [0.3, 0.4) is 0 Å². The zero-order chi connectivity index (χ0) is 15.5. The third-order valence-electron chi connectivity index (χ3n) is 3.75. The summed E-state index contributed by atoms with van der Waals surface area (Å²) >= 11 is 0. The number of halogens is 3. The Morgan fingerprint density at radius 2 is 2.00 bits per heavy atom. The average molecular weight is 301 g/mol. The second-order valence-corrected chi connectivity index (χ2v) is 5.47. The molecule has 1 atom stereocenters. The topological polar surface area (TPSA) is 32.7 Å². The van der Waals surface area contributed by atoms with Crippen molar-refractivity contribution in [3.8, 4) is 5.75 Å². The molecule has 21 heavy (non-hydrogen) atoms. The molecule has 1 aromatic carbocycles. The lowest BCUT2D eigenvalue weighted by atomic mass is 9.81. The highest BCUT2D eigenvalue weighted by Gasteiger charge is 2.30. The molecule has 1 aliphatic heterocycles. The van der Waals surface area contributed by atoms with Crippen LogP contribution in [0.15, 0.2) is 24.3 Å². The molecular weight excluding hydrogens is 282 g/mol. The Morgan fingerprint density at radius 1 is 1.33 bits per heavy atom. The van der Waals surface area contributed by atoms with Gasteiger partial charge in [-0.25, -0.2) is 0 Å². The van der Waals surface area contributed by atoms with E-state index in [1.807, 2.05) is 4.81 Å². The largest absolute Gasteiger partial charge is 0.493 e. The molecule has 0 saturated carbocycles. The van der Waals surface area contributed by atoms with Gasteiger partial charge in [-0.05, 0) is 57.0 Å². The van der Waals surface area contributed by atoms with E-state index in [9.17, 15) is 18.2 Å². The molecule has 7 heteroatoms. The van der Waals surface area contributed by atoms with E-state index in [-0.39, 0.29) is 5.92 Å². The first-order chi connectivity index (χ1) is 9.86. The maximum Gasteiger partial charge on any atom is 0.416 e. The van der Waals surface area contributed by atoms with Crippen LogP contribution in [0.5, 0.6) is 5.75 Å². The monoisotopic (exact) mass is 301 g/mol. The van der Waals surface area contributed by atoms with Crippen LogP contribution in [0.25, 0.3) is 0 Å². The average Bonchev–Trinajstić information content (AvgIpc) is 2.45. The standard InChI is InChI=1S/C14H19BF3NO2/c1-15(20)19-8-2-3-11(9-19)10-21-13-6-4-12(5-7-13)14(16,17)18/h4-7,11,20H,2-3,8-10H2,1H3/t11-/m1/s1. The Bertz CT molecular complexity index is 451. The lowest BCUT2D eigenvalue weighted by molar-refractivity contribution is -0.137. The van der Waals surface area contributed by atoms with Gasteiger partial charge in [0.1, 0.15) is 5.75 Å². The molecule has 0 amide bonds. The second-order valence-electron chi connectivity index (χ2n) is 5.47. The quantitative estimate of drug-likeness (QED) is 0.868. The van der Waals surface area contributed by atoms with Gasteiger partial charge < -0.3 is 14.6 Å². The molecule has 0 aromatic heterocycles. The molecule has 3 nitrogen and oxygen atoms in total. The van der Waals surface area contributed by atoms with Crippen LogP contribution in [-0.2, 0) is 6.18 Å². The van der Waals surface area contributed by atoms with Gasteiger partial charge in [-0.3, -0.25) is 0 Å². The van der Waals surface area contributed by atoms with Crippen LogP contribution in [0, 0.1) is 5.92 Å². The van der Waals surface area contributed by atoms with Crippen molar-refractivity contribution in [1.82, 2.24) is 4.81 Å². The zero-order valence-corrected chi connectivity index (χ0v) is 11.9. The molecule has 2 rings (SSSR count). The summed E-state index contributed by atoms with van der Waals surface area (Å²) in [4.78, 5) is 1.98. The van der Waals surface area contributed by atoms with Crippen molar-refractivity contribution >= 4 is 7.05 Å². The molecule has 0 unspecified atom stereocenters. The molecule has 0 spiro atoms. The van der Waals surface area contributed by atoms with E-state index in [0.717, 1.165) is 38.1 Å². The molecular formula is C14H19BF3NO2. The van der Waals surface area contributed by atoms with Crippen molar-refractivity contribution < 1.29 is 22.9 Å². The Balaban J connectivity index is 1.85. The van der Waals surface area contributed by atoms with Crippen LogP contribution in [-0.4, -0.2) is 36.6 Å². The number of hydrogen-bond donors (Lipinski definition) is 1. The first kappa shape index (κ1) is 16.2. The third kappa shape index (κ3) is 4.64. The summed E-state index contributed by atoms with van der Waals surface area (Å²) in [5.74, 6) is 0.729. The van der Waals surface area contributed by atoms with Crippen LogP contribution in [0.4, 0.5) is 13.2 Å². The van der Waals surface area contributed by atoms with E-state index in [2.05, 4.69) is 0 Å². The van der Waals surface area contributed by atoms with Crippen molar-refractivity contribution in [2.45, 2.75) is 25.8 Å². The van der Waals surface area contributed by atoms with E-state index in [1.165, 1.54) is 12.1 Å². The van der Waals surface area contributed by atoms with Gasteiger partial charge in [-0.1, -0.05) is 0 Å². The van der Waals surface area contributed by atoms with Gasteiger partial charge in [0.25, 0.3) is 0 Å². The fourth-order valence-corrected chi connectivity index (χ4v) is 2.53. The molecule has 0 aliphatic carbocycles. The van der Waals surface area contributed by atoms with E-state index in [4.69, 9.17) is 4.74 Å². The minimum Gasteiger partial charge on any atom is -0.493 e. The summed E-state index contributed by atoms with van der Waals surface area (Å²) < 4.78 is 42.9. The zero-order valence-electron chi connectivity index (χ0n) is 11.9. The van der Waals surface area contributed by atoms with Crippen molar-refractivity contribution in [1.29, 1.82) is 0 Å². The molecule has 1 heterocycles. The van der Waals surface area contributed by atoms with Gasteiger partial charge in [0.2, 0.25) is 0 Å². The molecule has 0 radical (unpaired) electrons. The normalized spacial score (nSPS) is 20.3. The summed E-state index contributed by atoms with van der Waals surface area (Å²) in [5, 5.41) is 9.57. The van der Waals surface area contributed by atoms with Crippen LogP contribution in [0.1, 0.15) is 18.4 Å². The van der Waals surface area contributed by atoms with Gasteiger partial charge in [0.15, 0.2) is 0 Å². The summed E-state index contributed by atoms with van der Waals surface area (Å²) in [5.41, 5.74) is -0.673. The molecule has 1 saturated heterocycles. The Hall–Kier alpha value is -1.21. The first-order valence-corrected chi connectivity index (χ1v) is 7.08. The van der Waals surface area contributed by atoms with E-state index in [1.54, 1.807) is 6.82 Å². The lowest BCUT2D eigenvalue weighted by Crippen LogP contribution is -2.45. The number of alkyl halides is 3. The Labute approximate surface area is 122 Å². The number of hydrogen-bond acceptors (Lipinski definition) is 3. The van der Waals surface area contributed by atoms with Crippen molar-refractivity contribution in [2.24, 2.45) is 5.92 Å². The number of rotatable bonds is 4. The molecule has 116 valence electrons. The minimum absolute atomic E-state index is 0.288. The van der Waals surface area contributed by atoms with E-state index in [0.29, 0.717) is 12.4 Å². The van der Waals surface area contributed by atoms with Crippen LogP contribution in [0.2, 0.25) is 6.82 Å². The van der Waals surface area contributed by atoms with Crippen LogP contribution >= 0.6 is 0 Å². The predicted molar refractivity (Wildman–Crippen MR) is 75.1 cm³/mol. The molecule has 1 fully saturated rings. The van der Waals surface area contributed by atoms with E-state index < -0.39 is 18.8 Å². The number of nitrogens with zero attached hydrogens (tertiary/aromatic N) is 1. The second kappa shape index (κ2) is 6.70. The summed E-state index contributed by atoms with van der Waals surface area (Å²) in [6.07, 6.45) is -2.32. The smallest absolute Gasteiger partial charge is 0.416 e. The molecule has 1 aliphatic rings. The lowest BCUT2D eigenvalue weighted by Gasteiger charge is -2.33. The van der Waals surface area contributed by atoms with Gasteiger partial charge in [-0.2, -0.15) is 13.2 Å². The highest BCUT2D eigenvalue weighted by Crippen LogP contribution is 2.30. The maximum absolute atomic E-state index is 12.4. The molecule has 0 bridgehead atoms. The van der Waals surface area contributed by atoms with Crippen molar-refractivity contribution in [3.63, 3.8) is 0 Å². The highest BCUT2D eigenvalue weighted by atomic mass is 19.4. The summed E-state index contributed by atoms with van der Waals surface area (Å²) in [6, 6.07) is 4.74. The van der Waals surface area contributed by atoms with E-state index >= 15 is 0 Å². The summed E-state index contributed by atoms with van der Waals surface area (Å²) in [6.45, 7) is 3.81. The number of piperidine rings is 1. The fraction of sp³-hybridized carbons (Fsp3) is 0.571. The van der Waals surface area contributed by atoms with Crippen LogP contribution < -0.4 is 4.74 Å². The number of benzene rings is 1. The molecule has 1 aromatic rings. The SMILES string of the molecule is CB(O)N1CCC[C@@H](COc2ccc(C(F)(F)F)cc2)C1. The van der Waals surface area contributed by atoms with Gasteiger partial charge >= 0.3 is 13.2 Å². The number of ether oxygens (including phenoxy) is 1. The Kier molecular flexibility index (Phi) is 5.16. The minimum atomic E-state index is -4.32. The van der Waals surface area contributed by atoms with Gasteiger partial charge in [0, 0.05) is 5.92 Å². The van der Waals surface area contributed by atoms with Crippen molar-refractivity contribution in [3.05, 3.63) is 29.8 Å².